The van der Waals surface area contributed by atoms with E-state index in [2.05, 4.69) is 4.74 Å². The molecule has 0 spiro atoms. The Morgan fingerprint density at radius 1 is 1.00 bits per heavy atom. The van der Waals surface area contributed by atoms with Crippen LogP contribution in [0, 0.1) is 18.3 Å². The van der Waals surface area contributed by atoms with Gasteiger partial charge in [0.2, 0.25) is 0 Å². The molecule has 2 aromatic carbocycles. The zero-order valence-corrected chi connectivity index (χ0v) is 10.9. The van der Waals surface area contributed by atoms with Crippen LogP contribution in [0.4, 0.5) is 13.2 Å². The van der Waals surface area contributed by atoms with E-state index >= 15 is 0 Å². The summed E-state index contributed by atoms with van der Waals surface area (Å²) < 4.78 is 45.4. The summed E-state index contributed by atoms with van der Waals surface area (Å²) in [4.78, 5) is 0. The molecular weight excluding hydrogens is 283 g/mol. The third-order valence-corrected chi connectivity index (χ3v) is 2.54. The Bertz CT molecular complexity index is 673. The average molecular weight is 293 g/mol. The summed E-state index contributed by atoms with van der Waals surface area (Å²) in [6.07, 6.45) is -4.73. The number of nitriles is 1. The molecule has 0 unspecified atom stereocenters. The molecule has 108 valence electrons. The molecule has 2 rings (SSSR count). The minimum atomic E-state index is -4.73. The molecule has 0 bridgehead atoms. The van der Waals surface area contributed by atoms with Crippen molar-refractivity contribution in [2.24, 2.45) is 0 Å². The molecule has 21 heavy (non-hydrogen) atoms. The van der Waals surface area contributed by atoms with E-state index in [1.54, 1.807) is 18.2 Å². The topological polar surface area (TPSA) is 42.2 Å². The van der Waals surface area contributed by atoms with Gasteiger partial charge in [-0.05, 0) is 48.9 Å². The van der Waals surface area contributed by atoms with Crippen molar-refractivity contribution in [3.63, 3.8) is 0 Å². The van der Waals surface area contributed by atoms with Gasteiger partial charge in [-0.2, -0.15) is 5.26 Å². The summed E-state index contributed by atoms with van der Waals surface area (Å²) in [6.45, 7) is 1.84. The molecule has 0 saturated heterocycles. The fraction of sp³-hybridized carbons (Fsp3) is 0.133. The van der Waals surface area contributed by atoms with Gasteiger partial charge in [-0.15, -0.1) is 13.2 Å². The maximum Gasteiger partial charge on any atom is 0.573 e. The predicted octanol–water partition coefficient (Wildman–Crippen LogP) is 4.56. The predicted molar refractivity (Wildman–Crippen MR) is 69.1 cm³/mol. The van der Waals surface area contributed by atoms with E-state index in [-0.39, 0.29) is 5.75 Å². The Morgan fingerprint density at radius 3 is 2.19 bits per heavy atom. The largest absolute Gasteiger partial charge is 0.573 e. The van der Waals surface area contributed by atoms with Crippen molar-refractivity contribution in [3.8, 4) is 23.3 Å². The Labute approximate surface area is 119 Å². The molecule has 0 radical (unpaired) electrons. The zero-order chi connectivity index (χ0) is 15.5. The smallest absolute Gasteiger partial charge is 0.456 e. The third-order valence-electron chi connectivity index (χ3n) is 2.54. The molecule has 0 heterocycles. The van der Waals surface area contributed by atoms with Gasteiger partial charge in [0, 0.05) is 0 Å². The fourth-order valence-electron chi connectivity index (χ4n) is 1.64. The summed E-state index contributed by atoms with van der Waals surface area (Å²) >= 11 is 0. The van der Waals surface area contributed by atoms with Crippen LogP contribution in [0.3, 0.4) is 0 Å². The van der Waals surface area contributed by atoms with E-state index in [0.717, 1.165) is 17.7 Å². The number of hydrogen-bond acceptors (Lipinski definition) is 3. The molecule has 0 aromatic heterocycles. The summed E-state index contributed by atoms with van der Waals surface area (Å²) in [5, 5.41) is 8.98. The molecule has 0 aliphatic heterocycles. The van der Waals surface area contributed by atoms with E-state index in [1.165, 1.54) is 12.1 Å². The first kappa shape index (κ1) is 14.7. The first-order valence-corrected chi connectivity index (χ1v) is 5.92. The first-order chi connectivity index (χ1) is 9.87. The highest BCUT2D eigenvalue weighted by atomic mass is 19.4. The zero-order valence-electron chi connectivity index (χ0n) is 10.9. The molecule has 2 aromatic rings. The summed E-state index contributed by atoms with van der Waals surface area (Å²) in [5.41, 5.74) is 1.25. The monoisotopic (exact) mass is 293 g/mol. The van der Waals surface area contributed by atoms with Crippen molar-refractivity contribution in [3.05, 3.63) is 53.6 Å². The second-order valence-electron chi connectivity index (χ2n) is 4.23. The van der Waals surface area contributed by atoms with Crippen LogP contribution >= 0.6 is 0 Å². The van der Waals surface area contributed by atoms with Crippen molar-refractivity contribution in [2.45, 2.75) is 13.3 Å². The van der Waals surface area contributed by atoms with Gasteiger partial charge in [0.25, 0.3) is 0 Å². The second kappa shape index (κ2) is 5.75. The highest BCUT2D eigenvalue weighted by Crippen LogP contribution is 2.29. The van der Waals surface area contributed by atoms with Crippen LogP contribution in [0.2, 0.25) is 0 Å². The van der Waals surface area contributed by atoms with Gasteiger partial charge in [0.05, 0.1) is 5.56 Å². The minimum absolute atomic E-state index is 0.312. The number of benzene rings is 2. The third kappa shape index (κ3) is 4.14. The summed E-state index contributed by atoms with van der Waals surface area (Å²) in [7, 11) is 0. The number of nitrogens with zero attached hydrogens (tertiary/aromatic N) is 1. The highest BCUT2D eigenvalue weighted by molar-refractivity contribution is 5.47. The standard InChI is InChI=1S/C15H10F3NO2/c1-10-2-3-11(9-19)14(8-10)20-12-4-6-13(7-5-12)21-15(16,17)18/h2-8H,1H3. The maximum absolute atomic E-state index is 12.0. The maximum atomic E-state index is 12.0. The molecule has 0 fully saturated rings. The van der Waals surface area contributed by atoms with Crippen molar-refractivity contribution in [1.29, 1.82) is 5.26 Å². The molecule has 3 nitrogen and oxygen atoms in total. The molecule has 0 N–H and O–H groups in total. The lowest BCUT2D eigenvalue weighted by Crippen LogP contribution is -2.16. The molecule has 0 aliphatic carbocycles. The Morgan fingerprint density at radius 2 is 1.62 bits per heavy atom. The quantitative estimate of drug-likeness (QED) is 0.833. The minimum Gasteiger partial charge on any atom is -0.456 e. The van der Waals surface area contributed by atoms with Crippen LogP contribution in [0.15, 0.2) is 42.5 Å². The van der Waals surface area contributed by atoms with E-state index in [1.807, 2.05) is 13.0 Å². The lowest BCUT2D eigenvalue weighted by atomic mass is 10.1. The number of hydrogen-bond donors (Lipinski definition) is 0. The van der Waals surface area contributed by atoms with Gasteiger partial charge in [0.1, 0.15) is 23.3 Å². The Kier molecular flexibility index (Phi) is 4.03. The molecule has 6 heteroatoms. The summed E-state index contributed by atoms with van der Waals surface area (Å²) in [5.74, 6) is 0.327. The van der Waals surface area contributed by atoms with Crippen LogP contribution in [0.5, 0.6) is 17.2 Å². The molecular formula is C15H10F3NO2. The normalized spacial score (nSPS) is 10.8. The first-order valence-electron chi connectivity index (χ1n) is 5.92. The lowest BCUT2D eigenvalue weighted by Gasteiger charge is -2.11. The van der Waals surface area contributed by atoms with E-state index in [0.29, 0.717) is 17.1 Å². The number of ether oxygens (including phenoxy) is 2. The highest BCUT2D eigenvalue weighted by Gasteiger charge is 2.30. The van der Waals surface area contributed by atoms with Gasteiger partial charge in [-0.3, -0.25) is 0 Å². The van der Waals surface area contributed by atoms with Gasteiger partial charge in [0.15, 0.2) is 0 Å². The van der Waals surface area contributed by atoms with Crippen molar-refractivity contribution < 1.29 is 22.6 Å². The van der Waals surface area contributed by atoms with Crippen molar-refractivity contribution in [2.75, 3.05) is 0 Å². The molecule has 0 atom stereocenters. The van der Waals surface area contributed by atoms with Crippen LogP contribution in [0.1, 0.15) is 11.1 Å². The average Bonchev–Trinajstić information content (AvgIpc) is 2.40. The number of halogens is 3. The number of rotatable bonds is 3. The van der Waals surface area contributed by atoms with Crippen molar-refractivity contribution in [1.82, 2.24) is 0 Å². The van der Waals surface area contributed by atoms with Crippen LogP contribution in [-0.2, 0) is 0 Å². The second-order valence-corrected chi connectivity index (χ2v) is 4.23. The molecule has 0 aliphatic rings. The van der Waals surface area contributed by atoms with Gasteiger partial charge in [-0.1, -0.05) is 6.07 Å². The Balaban J connectivity index is 2.18. The number of alkyl halides is 3. The van der Waals surface area contributed by atoms with Crippen LogP contribution < -0.4 is 9.47 Å². The van der Waals surface area contributed by atoms with Gasteiger partial charge < -0.3 is 9.47 Å². The number of aryl methyl sites for hydroxylation is 1. The van der Waals surface area contributed by atoms with Gasteiger partial charge >= 0.3 is 6.36 Å². The van der Waals surface area contributed by atoms with E-state index in [9.17, 15) is 13.2 Å². The fourth-order valence-corrected chi connectivity index (χ4v) is 1.64. The SMILES string of the molecule is Cc1ccc(C#N)c(Oc2ccc(OC(F)(F)F)cc2)c1. The van der Waals surface area contributed by atoms with Crippen LogP contribution in [-0.4, -0.2) is 6.36 Å². The summed E-state index contributed by atoms with van der Waals surface area (Å²) in [6, 6.07) is 12.0. The van der Waals surface area contributed by atoms with Crippen molar-refractivity contribution >= 4 is 0 Å². The van der Waals surface area contributed by atoms with Crippen LogP contribution in [0.25, 0.3) is 0 Å². The van der Waals surface area contributed by atoms with E-state index in [4.69, 9.17) is 10.00 Å². The van der Waals surface area contributed by atoms with E-state index < -0.39 is 6.36 Å². The van der Waals surface area contributed by atoms with Gasteiger partial charge in [-0.25, -0.2) is 0 Å². The lowest BCUT2D eigenvalue weighted by molar-refractivity contribution is -0.274. The molecule has 0 saturated carbocycles. The Hall–Kier alpha value is -2.68. The molecule has 0 amide bonds.